The molecule has 0 aliphatic carbocycles. The van der Waals surface area contributed by atoms with Crippen LogP contribution >= 0.6 is 11.8 Å². The Balaban J connectivity index is 2.27. The second-order valence-electron chi connectivity index (χ2n) is 4.19. The third kappa shape index (κ3) is 2.98. The number of thioether (sulfide) groups is 1. The van der Waals surface area contributed by atoms with Crippen LogP contribution in [0.1, 0.15) is 22.5 Å². The maximum atomic E-state index is 5.67. The average Bonchev–Trinajstić information content (AvgIpc) is 2.33. The minimum Gasteiger partial charge on any atom is -0.368 e. The lowest BCUT2D eigenvalue weighted by molar-refractivity contribution is 0.839. The molecule has 0 radical (unpaired) electrons. The molecule has 5 heteroatoms. The highest BCUT2D eigenvalue weighted by molar-refractivity contribution is 7.98. The van der Waals surface area contributed by atoms with Gasteiger partial charge in [-0.05, 0) is 36.8 Å². The largest absolute Gasteiger partial charge is 0.368 e. The summed E-state index contributed by atoms with van der Waals surface area (Å²) in [6.45, 7) is 4.21. The molecule has 94 valence electrons. The molecular weight excluding hydrogens is 244 g/mol. The number of benzene rings is 1. The third-order valence-electron chi connectivity index (χ3n) is 2.79. The van der Waals surface area contributed by atoms with Gasteiger partial charge in [0.05, 0.1) is 0 Å². The van der Waals surface area contributed by atoms with E-state index in [1.807, 2.05) is 6.26 Å². The average molecular weight is 260 g/mol. The molecule has 0 aliphatic rings. The van der Waals surface area contributed by atoms with Gasteiger partial charge in [0.2, 0.25) is 5.95 Å². The highest BCUT2D eigenvalue weighted by atomic mass is 32.2. The molecule has 0 spiro atoms. The Bertz CT molecular complexity index is 569. The molecule has 1 aromatic heterocycles. The molecular formula is C13H16N4S. The Morgan fingerprint density at radius 2 is 1.89 bits per heavy atom. The van der Waals surface area contributed by atoms with Crippen LogP contribution in [0.4, 0.5) is 5.95 Å². The van der Waals surface area contributed by atoms with Crippen LogP contribution in [0.5, 0.6) is 0 Å². The van der Waals surface area contributed by atoms with Crippen molar-refractivity contribution in [3.63, 3.8) is 0 Å². The number of nitrogens with two attached hydrogens (primary N) is 1. The van der Waals surface area contributed by atoms with Gasteiger partial charge in [0, 0.05) is 6.42 Å². The van der Waals surface area contributed by atoms with E-state index in [1.165, 1.54) is 28.5 Å². The molecule has 0 amide bonds. The lowest BCUT2D eigenvalue weighted by Crippen LogP contribution is -2.05. The molecule has 18 heavy (non-hydrogen) atoms. The summed E-state index contributed by atoms with van der Waals surface area (Å²) in [5, 5.41) is 0.668. The Hall–Kier alpha value is -1.62. The van der Waals surface area contributed by atoms with Crippen LogP contribution in [0.15, 0.2) is 23.4 Å². The Morgan fingerprint density at radius 1 is 1.11 bits per heavy atom. The summed E-state index contributed by atoms with van der Waals surface area (Å²) in [6.07, 6.45) is 2.61. The summed E-state index contributed by atoms with van der Waals surface area (Å²) in [7, 11) is 0. The van der Waals surface area contributed by atoms with Gasteiger partial charge in [-0.3, -0.25) is 0 Å². The molecule has 2 aromatic rings. The van der Waals surface area contributed by atoms with Gasteiger partial charge in [0.15, 0.2) is 5.16 Å². The van der Waals surface area contributed by atoms with Crippen LogP contribution in [0, 0.1) is 13.8 Å². The van der Waals surface area contributed by atoms with Gasteiger partial charge in [0.1, 0.15) is 5.82 Å². The summed E-state index contributed by atoms with van der Waals surface area (Å²) in [4.78, 5) is 12.6. The highest BCUT2D eigenvalue weighted by Crippen LogP contribution is 2.14. The van der Waals surface area contributed by atoms with E-state index in [0.717, 1.165) is 5.82 Å². The first kappa shape index (κ1) is 12.8. The molecule has 0 atom stereocenters. The zero-order valence-corrected chi connectivity index (χ0v) is 11.6. The van der Waals surface area contributed by atoms with E-state index < -0.39 is 0 Å². The fraction of sp³-hybridized carbons (Fsp3) is 0.308. The highest BCUT2D eigenvalue weighted by Gasteiger charge is 2.05. The molecule has 1 heterocycles. The molecule has 4 nitrogen and oxygen atoms in total. The third-order valence-corrected chi connectivity index (χ3v) is 3.34. The zero-order chi connectivity index (χ0) is 13.1. The summed E-state index contributed by atoms with van der Waals surface area (Å²) in [5.41, 5.74) is 9.43. The van der Waals surface area contributed by atoms with Crippen LogP contribution in [-0.2, 0) is 6.42 Å². The van der Waals surface area contributed by atoms with Crippen LogP contribution in [0.25, 0.3) is 0 Å². The zero-order valence-electron chi connectivity index (χ0n) is 10.8. The summed E-state index contributed by atoms with van der Waals surface area (Å²) >= 11 is 1.47. The van der Waals surface area contributed by atoms with Crippen molar-refractivity contribution >= 4 is 17.7 Å². The fourth-order valence-electron chi connectivity index (χ4n) is 1.68. The first-order chi connectivity index (χ1) is 8.58. The topological polar surface area (TPSA) is 64.7 Å². The molecule has 0 saturated heterocycles. The molecule has 0 fully saturated rings. The standard InChI is InChI=1S/C13H16N4S/c1-8-4-5-10(6-9(8)2)7-11-15-12(14)17-13(16-11)18-3/h4-6H,7H2,1-3H3,(H2,14,15,16,17). The fourth-order valence-corrected chi connectivity index (χ4v) is 2.06. The van der Waals surface area contributed by atoms with Crippen molar-refractivity contribution in [2.75, 3.05) is 12.0 Å². The number of nitrogen functional groups attached to an aromatic ring is 1. The van der Waals surface area contributed by atoms with Crippen molar-refractivity contribution in [1.29, 1.82) is 0 Å². The van der Waals surface area contributed by atoms with Crippen LogP contribution in [0.3, 0.4) is 0 Å². The van der Waals surface area contributed by atoms with Crippen molar-refractivity contribution in [2.24, 2.45) is 0 Å². The Morgan fingerprint density at radius 3 is 2.56 bits per heavy atom. The van der Waals surface area contributed by atoms with Gasteiger partial charge in [-0.25, -0.2) is 4.98 Å². The minimum atomic E-state index is 0.285. The van der Waals surface area contributed by atoms with E-state index >= 15 is 0 Å². The lowest BCUT2D eigenvalue weighted by Gasteiger charge is -2.06. The number of rotatable bonds is 3. The van der Waals surface area contributed by atoms with Crippen LogP contribution in [0.2, 0.25) is 0 Å². The maximum absolute atomic E-state index is 5.67. The maximum Gasteiger partial charge on any atom is 0.224 e. The first-order valence-corrected chi connectivity index (χ1v) is 6.91. The Kier molecular flexibility index (Phi) is 3.81. The molecule has 0 unspecified atom stereocenters. The Labute approximate surface area is 111 Å². The second-order valence-corrected chi connectivity index (χ2v) is 4.97. The van der Waals surface area contributed by atoms with E-state index in [2.05, 4.69) is 47.0 Å². The first-order valence-electron chi connectivity index (χ1n) is 5.69. The molecule has 1 aromatic carbocycles. The van der Waals surface area contributed by atoms with Crippen molar-refractivity contribution in [3.8, 4) is 0 Å². The number of aromatic nitrogens is 3. The predicted octanol–water partition coefficient (Wildman–Crippen LogP) is 2.38. The van der Waals surface area contributed by atoms with E-state index in [1.54, 1.807) is 0 Å². The van der Waals surface area contributed by atoms with Gasteiger partial charge in [-0.1, -0.05) is 30.0 Å². The van der Waals surface area contributed by atoms with Gasteiger partial charge < -0.3 is 5.73 Å². The van der Waals surface area contributed by atoms with Crippen molar-refractivity contribution in [3.05, 3.63) is 40.7 Å². The van der Waals surface area contributed by atoms with Gasteiger partial charge >= 0.3 is 0 Å². The minimum absolute atomic E-state index is 0.285. The van der Waals surface area contributed by atoms with Gasteiger partial charge in [-0.15, -0.1) is 0 Å². The van der Waals surface area contributed by atoms with E-state index in [4.69, 9.17) is 5.73 Å². The SMILES string of the molecule is CSc1nc(N)nc(Cc2ccc(C)c(C)c2)n1. The molecule has 2 N–H and O–H groups in total. The number of anilines is 1. The number of hydrogen-bond acceptors (Lipinski definition) is 5. The van der Waals surface area contributed by atoms with Crippen molar-refractivity contribution in [2.45, 2.75) is 25.4 Å². The number of hydrogen-bond donors (Lipinski definition) is 1. The van der Waals surface area contributed by atoms with E-state index in [0.29, 0.717) is 11.6 Å². The number of aryl methyl sites for hydroxylation is 2. The molecule has 2 rings (SSSR count). The quantitative estimate of drug-likeness (QED) is 0.858. The normalized spacial score (nSPS) is 10.6. The second kappa shape index (κ2) is 5.35. The van der Waals surface area contributed by atoms with E-state index in [9.17, 15) is 0 Å². The van der Waals surface area contributed by atoms with Crippen LogP contribution in [-0.4, -0.2) is 21.2 Å². The smallest absolute Gasteiger partial charge is 0.224 e. The van der Waals surface area contributed by atoms with Crippen LogP contribution < -0.4 is 5.73 Å². The summed E-state index contributed by atoms with van der Waals surface area (Å²) < 4.78 is 0. The van der Waals surface area contributed by atoms with Gasteiger partial charge in [0.25, 0.3) is 0 Å². The predicted molar refractivity (Wildman–Crippen MR) is 74.7 cm³/mol. The lowest BCUT2D eigenvalue weighted by atomic mass is 10.0. The molecule has 0 bridgehead atoms. The van der Waals surface area contributed by atoms with Gasteiger partial charge in [-0.2, -0.15) is 9.97 Å². The number of nitrogens with zero attached hydrogens (tertiary/aromatic N) is 3. The summed E-state index contributed by atoms with van der Waals surface area (Å²) in [6, 6.07) is 6.37. The van der Waals surface area contributed by atoms with Crippen molar-refractivity contribution in [1.82, 2.24) is 15.0 Å². The summed E-state index contributed by atoms with van der Waals surface area (Å²) in [5.74, 6) is 1.00. The molecule has 0 saturated carbocycles. The molecule has 0 aliphatic heterocycles. The van der Waals surface area contributed by atoms with Crippen molar-refractivity contribution < 1.29 is 0 Å². The van der Waals surface area contributed by atoms with E-state index in [-0.39, 0.29) is 5.95 Å². The monoisotopic (exact) mass is 260 g/mol.